The molecule has 2 aromatic carbocycles. The number of rotatable bonds is 6. The van der Waals surface area contributed by atoms with Crippen molar-refractivity contribution in [3.8, 4) is 5.75 Å². The second kappa shape index (κ2) is 10.0. The van der Waals surface area contributed by atoms with E-state index in [0.717, 1.165) is 6.42 Å². The van der Waals surface area contributed by atoms with Gasteiger partial charge in [0.1, 0.15) is 5.75 Å². The molecular formula is C22H27N3O3S. The number of nitrogens with one attached hydrogen (secondary N) is 3. The van der Waals surface area contributed by atoms with Crippen LogP contribution in [0.25, 0.3) is 0 Å². The van der Waals surface area contributed by atoms with Crippen molar-refractivity contribution in [3.63, 3.8) is 0 Å². The summed E-state index contributed by atoms with van der Waals surface area (Å²) in [6.45, 7) is 8.14. The van der Waals surface area contributed by atoms with Gasteiger partial charge in [0, 0.05) is 22.4 Å². The lowest BCUT2D eigenvalue weighted by molar-refractivity contribution is -0.123. The molecule has 0 saturated heterocycles. The summed E-state index contributed by atoms with van der Waals surface area (Å²) in [7, 11) is 0. The summed E-state index contributed by atoms with van der Waals surface area (Å²) in [6, 6.07) is 14.1. The van der Waals surface area contributed by atoms with Crippen molar-refractivity contribution in [2.45, 2.75) is 34.1 Å². The predicted octanol–water partition coefficient (Wildman–Crippen LogP) is 4.59. The maximum atomic E-state index is 12.4. The fraction of sp³-hybridized carbons (Fsp3) is 0.318. The Labute approximate surface area is 177 Å². The number of thiocarbonyl (C=S) groups is 1. The van der Waals surface area contributed by atoms with E-state index in [0.29, 0.717) is 29.3 Å². The lowest BCUT2D eigenvalue weighted by Gasteiger charge is -2.18. The van der Waals surface area contributed by atoms with Gasteiger partial charge in [0.2, 0.25) is 5.91 Å². The molecular weight excluding hydrogens is 386 g/mol. The minimum Gasteiger partial charge on any atom is -0.494 e. The second-order valence-electron chi connectivity index (χ2n) is 7.57. The molecule has 0 aromatic heterocycles. The van der Waals surface area contributed by atoms with Gasteiger partial charge in [0.15, 0.2) is 5.11 Å². The number of anilines is 2. The monoisotopic (exact) mass is 413 g/mol. The zero-order chi connectivity index (χ0) is 21.4. The summed E-state index contributed by atoms with van der Waals surface area (Å²) < 4.78 is 5.55. The van der Waals surface area contributed by atoms with Gasteiger partial charge in [-0.1, -0.05) is 39.8 Å². The zero-order valence-electron chi connectivity index (χ0n) is 17.2. The van der Waals surface area contributed by atoms with Crippen LogP contribution in [0.1, 0.15) is 44.5 Å². The summed E-state index contributed by atoms with van der Waals surface area (Å²) in [5.74, 6) is 0.220. The first-order valence-electron chi connectivity index (χ1n) is 9.46. The predicted molar refractivity (Wildman–Crippen MR) is 120 cm³/mol. The third-order valence-corrected chi connectivity index (χ3v) is 4.06. The number of hydrogen-bond acceptors (Lipinski definition) is 4. The third kappa shape index (κ3) is 7.19. The van der Waals surface area contributed by atoms with Gasteiger partial charge in [0.25, 0.3) is 5.91 Å². The van der Waals surface area contributed by atoms with E-state index in [1.807, 2.05) is 27.7 Å². The van der Waals surface area contributed by atoms with Crippen LogP contribution in [0, 0.1) is 5.41 Å². The van der Waals surface area contributed by atoms with E-state index < -0.39 is 5.41 Å². The van der Waals surface area contributed by atoms with E-state index in [1.54, 1.807) is 48.5 Å². The molecule has 0 unspecified atom stereocenters. The number of amides is 2. The fourth-order valence-electron chi connectivity index (χ4n) is 2.28. The molecule has 3 N–H and O–H groups in total. The molecule has 0 fully saturated rings. The molecule has 0 aliphatic heterocycles. The summed E-state index contributed by atoms with van der Waals surface area (Å²) in [5, 5.41) is 8.63. The number of carbonyl (C=O) groups is 2. The maximum absolute atomic E-state index is 12.4. The summed E-state index contributed by atoms with van der Waals surface area (Å²) >= 11 is 5.24. The van der Waals surface area contributed by atoms with Gasteiger partial charge in [-0.2, -0.15) is 0 Å². The first-order chi connectivity index (χ1) is 13.7. The number of benzene rings is 2. The van der Waals surface area contributed by atoms with Crippen LogP contribution < -0.4 is 20.7 Å². The van der Waals surface area contributed by atoms with Crippen LogP contribution in [0.5, 0.6) is 5.75 Å². The molecule has 29 heavy (non-hydrogen) atoms. The molecule has 0 saturated carbocycles. The Morgan fingerprint density at radius 2 is 1.66 bits per heavy atom. The van der Waals surface area contributed by atoms with Crippen molar-refractivity contribution in [2.24, 2.45) is 5.41 Å². The average molecular weight is 414 g/mol. The quantitative estimate of drug-likeness (QED) is 0.604. The zero-order valence-corrected chi connectivity index (χ0v) is 18.0. The molecule has 0 bridgehead atoms. The molecule has 0 atom stereocenters. The van der Waals surface area contributed by atoms with Gasteiger partial charge in [-0.05, 0) is 55.0 Å². The molecule has 0 aliphatic carbocycles. The Kier molecular flexibility index (Phi) is 7.73. The average Bonchev–Trinajstić information content (AvgIpc) is 2.66. The van der Waals surface area contributed by atoms with E-state index in [2.05, 4.69) is 16.0 Å². The molecule has 2 aromatic rings. The maximum Gasteiger partial charge on any atom is 0.257 e. The summed E-state index contributed by atoms with van der Waals surface area (Å²) in [4.78, 5) is 24.6. The van der Waals surface area contributed by atoms with E-state index >= 15 is 0 Å². The molecule has 0 spiro atoms. The highest BCUT2D eigenvalue weighted by atomic mass is 32.1. The molecule has 0 heterocycles. The summed E-state index contributed by atoms with van der Waals surface area (Å²) in [6.07, 6.45) is 0.889. The first kappa shape index (κ1) is 22.4. The Hall–Kier alpha value is -2.93. The van der Waals surface area contributed by atoms with E-state index in [1.165, 1.54) is 0 Å². The third-order valence-electron chi connectivity index (χ3n) is 3.86. The van der Waals surface area contributed by atoms with Crippen molar-refractivity contribution in [1.82, 2.24) is 5.32 Å². The molecule has 6 nitrogen and oxygen atoms in total. The van der Waals surface area contributed by atoms with Gasteiger partial charge in [-0.3, -0.25) is 14.9 Å². The molecule has 0 radical (unpaired) electrons. The van der Waals surface area contributed by atoms with Crippen LogP contribution in [-0.2, 0) is 4.79 Å². The smallest absolute Gasteiger partial charge is 0.257 e. The Morgan fingerprint density at radius 3 is 2.31 bits per heavy atom. The van der Waals surface area contributed by atoms with Gasteiger partial charge in [-0.15, -0.1) is 0 Å². The van der Waals surface area contributed by atoms with Gasteiger partial charge in [-0.25, -0.2) is 0 Å². The van der Waals surface area contributed by atoms with E-state index in [9.17, 15) is 9.59 Å². The van der Waals surface area contributed by atoms with E-state index in [4.69, 9.17) is 17.0 Å². The molecule has 7 heteroatoms. The van der Waals surface area contributed by atoms with Crippen LogP contribution in [0.3, 0.4) is 0 Å². The Balaban J connectivity index is 1.98. The SMILES string of the molecule is CCCOc1cccc(C(=O)NC(=S)Nc2cccc(NC(=O)C(C)(C)C)c2)c1. The highest BCUT2D eigenvalue weighted by Gasteiger charge is 2.21. The van der Waals surface area contributed by atoms with Crippen LogP contribution in [0.15, 0.2) is 48.5 Å². The minimum absolute atomic E-state index is 0.0873. The molecule has 154 valence electrons. The van der Waals surface area contributed by atoms with Gasteiger partial charge < -0.3 is 15.4 Å². The number of carbonyl (C=O) groups excluding carboxylic acids is 2. The van der Waals surface area contributed by atoms with Crippen molar-refractivity contribution >= 4 is 40.5 Å². The minimum atomic E-state index is -0.498. The van der Waals surface area contributed by atoms with Crippen molar-refractivity contribution in [2.75, 3.05) is 17.2 Å². The Morgan fingerprint density at radius 1 is 1.00 bits per heavy atom. The fourth-order valence-corrected chi connectivity index (χ4v) is 2.49. The van der Waals surface area contributed by atoms with Crippen LogP contribution >= 0.6 is 12.2 Å². The number of hydrogen-bond donors (Lipinski definition) is 3. The standard InChI is InChI=1S/C22H27N3O3S/c1-5-12-28-18-11-6-8-15(13-18)19(26)25-21(29)24-17-10-7-9-16(14-17)23-20(27)22(2,3)4/h6-11,13-14H,5,12H2,1-4H3,(H,23,27)(H2,24,25,26,29). The first-order valence-corrected chi connectivity index (χ1v) is 9.86. The largest absolute Gasteiger partial charge is 0.494 e. The van der Waals surface area contributed by atoms with Crippen LogP contribution in [0.4, 0.5) is 11.4 Å². The highest BCUT2D eigenvalue weighted by Crippen LogP contribution is 2.20. The Bertz CT molecular complexity index is 891. The van der Waals surface area contributed by atoms with Crippen molar-refractivity contribution in [1.29, 1.82) is 0 Å². The second-order valence-corrected chi connectivity index (χ2v) is 7.98. The van der Waals surface area contributed by atoms with Gasteiger partial charge in [0.05, 0.1) is 6.61 Å². The van der Waals surface area contributed by atoms with Gasteiger partial charge >= 0.3 is 0 Å². The lowest BCUT2D eigenvalue weighted by Crippen LogP contribution is -2.34. The van der Waals surface area contributed by atoms with Crippen LogP contribution in [0.2, 0.25) is 0 Å². The lowest BCUT2D eigenvalue weighted by atomic mass is 9.95. The summed E-state index contributed by atoms with van der Waals surface area (Å²) in [5.41, 5.74) is 1.25. The number of ether oxygens (including phenoxy) is 1. The molecule has 2 rings (SSSR count). The molecule has 0 aliphatic rings. The highest BCUT2D eigenvalue weighted by molar-refractivity contribution is 7.80. The van der Waals surface area contributed by atoms with Crippen LogP contribution in [-0.4, -0.2) is 23.5 Å². The molecule has 2 amide bonds. The van der Waals surface area contributed by atoms with Crippen molar-refractivity contribution < 1.29 is 14.3 Å². The van der Waals surface area contributed by atoms with Crippen molar-refractivity contribution in [3.05, 3.63) is 54.1 Å². The topological polar surface area (TPSA) is 79.5 Å². The normalized spacial score (nSPS) is 10.8. The van der Waals surface area contributed by atoms with E-state index in [-0.39, 0.29) is 16.9 Å².